The fraction of sp³-hybridized carbons (Fsp3) is 0.375. The molecule has 0 amide bonds. The van der Waals surface area contributed by atoms with Gasteiger partial charge < -0.3 is 4.74 Å². The molecule has 190 valence electrons. The minimum absolute atomic E-state index is 0.0927. The monoisotopic (exact) mass is 492 g/mol. The molecule has 4 heteroatoms. The molecule has 1 aliphatic rings. The summed E-state index contributed by atoms with van der Waals surface area (Å²) in [6.45, 7) is 4.78. The number of unbranched alkanes of at least 4 members (excludes halogenated alkanes) is 3. The van der Waals surface area contributed by atoms with E-state index in [4.69, 9.17) is 4.74 Å². The lowest BCUT2D eigenvalue weighted by molar-refractivity contribution is -0.00538. The minimum atomic E-state index is -0.824. The Bertz CT molecular complexity index is 1170. The van der Waals surface area contributed by atoms with E-state index in [2.05, 4.69) is 13.0 Å². The predicted octanol–water partition coefficient (Wildman–Crippen LogP) is 9.60. The molecule has 0 aliphatic carbocycles. The Hall–Kier alpha value is -2.85. The molecule has 3 aromatic rings. The summed E-state index contributed by atoms with van der Waals surface area (Å²) in [6, 6.07) is 15.5. The average molecular weight is 493 g/mol. The lowest BCUT2D eigenvalue weighted by atomic mass is 9.93. The molecule has 2 unspecified atom stereocenters. The summed E-state index contributed by atoms with van der Waals surface area (Å²) in [5.74, 6) is -1.48. The second kappa shape index (κ2) is 12.4. The van der Waals surface area contributed by atoms with Gasteiger partial charge in [0, 0.05) is 17.0 Å². The van der Waals surface area contributed by atoms with E-state index in [-0.39, 0.29) is 17.5 Å². The third-order valence-corrected chi connectivity index (χ3v) is 7.11. The van der Waals surface area contributed by atoms with E-state index in [1.54, 1.807) is 48.5 Å². The number of hydrogen-bond acceptors (Lipinski definition) is 1. The van der Waals surface area contributed by atoms with Crippen LogP contribution < -0.4 is 0 Å². The normalized spacial score (nSPS) is 18.1. The minimum Gasteiger partial charge on any atom is -0.373 e. The van der Waals surface area contributed by atoms with Gasteiger partial charge in [0.15, 0.2) is 11.6 Å². The fourth-order valence-electron chi connectivity index (χ4n) is 5.00. The van der Waals surface area contributed by atoms with Crippen molar-refractivity contribution in [3.05, 3.63) is 95.3 Å². The molecule has 1 saturated heterocycles. The number of ether oxygens (including phenoxy) is 1. The van der Waals surface area contributed by atoms with E-state index >= 15 is 4.39 Å². The molecule has 1 nitrogen and oxygen atoms in total. The quantitative estimate of drug-likeness (QED) is 0.213. The van der Waals surface area contributed by atoms with Crippen LogP contribution in [-0.2, 0) is 11.2 Å². The largest absolute Gasteiger partial charge is 0.373 e. The Morgan fingerprint density at radius 2 is 1.56 bits per heavy atom. The van der Waals surface area contributed by atoms with Crippen LogP contribution in [-0.4, -0.2) is 6.61 Å². The summed E-state index contributed by atoms with van der Waals surface area (Å²) < 4.78 is 50.5. The van der Waals surface area contributed by atoms with Crippen molar-refractivity contribution in [1.29, 1.82) is 0 Å². The molecule has 1 aliphatic heterocycles. The maximum absolute atomic E-state index is 15.0. The third-order valence-electron chi connectivity index (χ3n) is 7.11. The Morgan fingerprint density at radius 3 is 2.19 bits per heavy atom. The van der Waals surface area contributed by atoms with E-state index in [0.717, 1.165) is 44.1 Å². The Kier molecular flexibility index (Phi) is 9.03. The summed E-state index contributed by atoms with van der Waals surface area (Å²) in [6.07, 6.45) is 10.6. The zero-order valence-corrected chi connectivity index (χ0v) is 21.2. The average Bonchev–Trinajstić information content (AvgIpc) is 2.90. The van der Waals surface area contributed by atoms with Gasteiger partial charge in [-0.1, -0.05) is 86.9 Å². The SMILES string of the molecule is C/C=C/C1CCC(c2ccc(-c3ccc(-c4ccc(CCCCCC)c(F)c4F)cc3)c(F)c2)OC1. The van der Waals surface area contributed by atoms with Crippen LogP contribution in [0.1, 0.15) is 69.6 Å². The molecule has 0 aromatic heterocycles. The number of aryl methyl sites for hydroxylation is 1. The second-order valence-corrected chi connectivity index (χ2v) is 9.71. The van der Waals surface area contributed by atoms with Crippen LogP contribution in [0.4, 0.5) is 13.2 Å². The van der Waals surface area contributed by atoms with Crippen molar-refractivity contribution in [2.75, 3.05) is 6.61 Å². The second-order valence-electron chi connectivity index (χ2n) is 9.71. The number of allylic oxidation sites excluding steroid dienone is 1. The molecule has 1 fully saturated rings. The third kappa shape index (κ3) is 6.10. The molecule has 3 aromatic carbocycles. The van der Waals surface area contributed by atoms with Crippen molar-refractivity contribution >= 4 is 0 Å². The molecular weight excluding hydrogens is 457 g/mol. The van der Waals surface area contributed by atoms with Crippen LogP contribution in [0.2, 0.25) is 0 Å². The van der Waals surface area contributed by atoms with Gasteiger partial charge in [-0.15, -0.1) is 0 Å². The fourth-order valence-corrected chi connectivity index (χ4v) is 5.00. The van der Waals surface area contributed by atoms with Gasteiger partial charge in [0.05, 0.1) is 12.7 Å². The highest BCUT2D eigenvalue weighted by Gasteiger charge is 2.22. The summed E-state index contributed by atoms with van der Waals surface area (Å²) in [4.78, 5) is 0. The van der Waals surface area contributed by atoms with E-state index in [1.165, 1.54) is 0 Å². The van der Waals surface area contributed by atoms with Crippen molar-refractivity contribution < 1.29 is 17.9 Å². The van der Waals surface area contributed by atoms with Crippen LogP contribution in [0.3, 0.4) is 0 Å². The predicted molar refractivity (Wildman–Crippen MR) is 141 cm³/mol. The first-order valence-corrected chi connectivity index (χ1v) is 13.1. The number of rotatable bonds is 9. The summed E-state index contributed by atoms with van der Waals surface area (Å²) in [5, 5.41) is 0. The standard InChI is InChI=1S/C32H35F3O/c1-3-5-6-7-9-25-15-18-28(32(35)31(25)34)24-13-11-23(12-14-24)27-17-16-26(20-29(27)33)30-19-10-22(8-4-2)21-36-30/h4,8,11-18,20,22,30H,3,5-7,9-10,19,21H2,1-2H3/b8-4+. The van der Waals surface area contributed by atoms with E-state index in [9.17, 15) is 8.78 Å². The summed E-state index contributed by atoms with van der Waals surface area (Å²) in [5.41, 5.74) is 3.22. The highest BCUT2D eigenvalue weighted by Crippen LogP contribution is 2.34. The highest BCUT2D eigenvalue weighted by molar-refractivity contribution is 5.71. The first-order chi connectivity index (χ1) is 17.5. The van der Waals surface area contributed by atoms with E-state index in [0.29, 0.717) is 41.2 Å². The topological polar surface area (TPSA) is 9.23 Å². The summed E-state index contributed by atoms with van der Waals surface area (Å²) >= 11 is 0. The van der Waals surface area contributed by atoms with Crippen molar-refractivity contribution in [2.24, 2.45) is 5.92 Å². The molecule has 0 radical (unpaired) electrons. The molecule has 1 heterocycles. The maximum atomic E-state index is 15.0. The molecular formula is C32H35F3O. The van der Waals surface area contributed by atoms with Gasteiger partial charge in [-0.25, -0.2) is 13.2 Å². The lowest BCUT2D eigenvalue weighted by Gasteiger charge is -2.28. The highest BCUT2D eigenvalue weighted by atomic mass is 19.2. The Morgan fingerprint density at radius 1 is 0.833 bits per heavy atom. The van der Waals surface area contributed by atoms with Crippen LogP contribution in [0.25, 0.3) is 22.3 Å². The van der Waals surface area contributed by atoms with Crippen LogP contribution in [0.5, 0.6) is 0 Å². The maximum Gasteiger partial charge on any atom is 0.166 e. The molecule has 4 rings (SSSR count). The van der Waals surface area contributed by atoms with Gasteiger partial charge >= 0.3 is 0 Å². The van der Waals surface area contributed by atoms with Gasteiger partial charge in [0.2, 0.25) is 0 Å². The Labute approximate surface area is 213 Å². The van der Waals surface area contributed by atoms with E-state index in [1.807, 2.05) is 19.1 Å². The van der Waals surface area contributed by atoms with Crippen LogP contribution >= 0.6 is 0 Å². The first kappa shape index (κ1) is 26.2. The Balaban J connectivity index is 1.46. The zero-order valence-electron chi connectivity index (χ0n) is 21.2. The van der Waals surface area contributed by atoms with Gasteiger partial charge in [-0.2, -0.15) is 0 Å². The molecule has 0 saturated carbocycles. The summed E-state index contributed by atoms with van der Waals surface area (Å²) in [7, 11) is 0. The van der Waals surface area contributed by atoms with Crippen molar-refractivity contribution in [2.45, 2.75) is 64.9 Å². The number of benzene rings is 3. The van der Waals surface area contributed by atoms with Crippen molar-refractivity contribution in [1.82, 2.24) is 0 Å². The van der Waals surface area contributed by atoms with Crippen LogP contribution in [0, 0.1) is 23.4 Å². The zero-order chi connectivity index (χ0) is 25.5. The van der Waals surface area contributed by atoms with Gasteiger partial charge in [-0.05, 0) is 60.9 Å². The van der Waals surface area contributed by atoms with Crippen molar-refractivity contribution in [3.63, 3.8) is 0 Å². The molecule has 2 atom stereocenters. The van der Waals surface area contributed by atoms with Crippen LogP contribution in [0.15, 0.2) is 66.7 Å². The molecule has 0 N–H and O–H groups in total. The van der Waals surface area contributed by atoms with Gasteiger partial charge in [0.25, 0.3) is 0 Å². The molecule has 0 bridgehead atoms. The van der Waals surface area contributed by atoms with E-state index < -0.39 is 11.6 Å². The molecule has 36 heavy (non-hydrogen) atoms. The molecule has 0 spiro atoms. The van der Waals surface area contributed by atoms with Gasteiger partial charge in [0.1, 0.15) is 5.82 Å². The number of halogens is 3. The number of hydrogen-bond donors (Lipinski definition) is 0. The van der Waals surface area contributed by atoms with Gasteiger partial charge in [-0.3, -0.25) is 0 Å². The smallest absolute Gasteiger partial charge is 0.166 e. The first-order valence-electron chi connectivity index (χ1n) is 13.1. The van der Waals surface area contributed by atoms with Crippen molar-refractivity contribution in [3.8, 4) is 22.3 Å². The lowest BCUT2D eigenvalue weighted by Crippen LogP contribution is -2.19.